The number of nitrogens with one attached hydrogen (secondary N) is 1. The fraction of sp³-hybridized carbons (Fsp3) is 0.0870. The summed E-state index contributed by atoms with van der Waals surface area (Å²) in [5, 5.41) is 3.06. The summed E-state index contributed by atoms with van der Waals surface area (Å²) in [4.78, 5) is 37.1. The second-order valence-electron chi connectivity index (χ2n) is 6.78. The molecule has 31 heavy (non-hydrogen) atoms. The number of rotatable bonds is 5. The summed E-state index contributed by atoms with van der Waals surface area (Å²) in [6.07, 6.45) is 0. The number of esters is 1. The summed E-state index contributed by atoms with van der Waals surface area (Å²) in [6, 6.07) is 16.4. The molecule has 0 atom stereocenters. The Bertz CT molecular complexity index is 1320. The first kappa shape index (κ1) is 20.2. The van der Waals surface area contributed by atoms with Gasteiger partial charge < -0.3 is 14.6 Å². The van der Waals surface area contributed by atoms with Crippen LogP contribution in [0, 0.1) is 11.6 Å². The molecule has 4 aromatic rings. The van der Waals surface area contributed by atoms with Crippen molar-refractivity contribution in [3.8, 4) is 0 Å². The van der Waals surface area contributed by atoms with E-state index in [1.54, 1.807) is 53.1 Å². The molecule has 0 aliphatic carbocycles. The minimum atomic E-state index is -0.813. The Labute approximate surface area is 174 Å². The van der Waals surface area contributed by atoms with E-state index in [0.717, 1.165) is 18.2 Å². The van der Waals surface area contributed by atoms with Gasteiger partial charge in [-0.25, -0.2) is 8.78 Å². The largest absolute Gasteiger partial charge is 0.454 e. The second kappa shape index (κ2) is 8.35. The molecule has 0 spiro atoms. The smallest absolute Gasteiger partial charge is 0.326 e. The number of nitrogens with zero attached hydrogens (tertiary/aromatic N) is 1. The van der Waals surface area contributed by atoms with Crippen LogP contribution in [0.1, 0.15) is 0 Å². The lowest BCUT2D eigenvalue weighted by atomic mass is 10.1. The van der Waals surface area contributed by atoms with Crippen LogP contribution in [0.3, 0.4) is 0 Å². The molecule has 0 fully saturated rings. The maximum atomic E-state index is 13.6. The Hall–Kier alpha value is -4.07. The van der Waals surface area contributed by atoms with E-state index >= 15 is 0 Å². The molecule has 8 heteroatoms. The molecule has 0 bridgehead atoms. The second-order valence-corrected chi connectivity index (χ2v) is 6.78. The molecule has 0 saturated heterocycles. The van der Waals surface area contributed by atoms with E-state index in [4.69, 9.17) is 4.74 Å². The average molecular weight is 422 g/mol. The molecule has 3 aromatic carbocycles. The number of fused-ring (bicyclic) bond motifs is 2. The van der Waals surface area contributed by atoms with Crippen LogP contribution >= 0.6 is 0 Å². The van der Waals surface area contributed by atoms with E-state index in [1.807, 2.05) is 0 Å². The lowest BCUT2D eigenvalue weighted by Crippen LogP contribution is -2.24. The fourth-order valence-electron chi connectivity index (χ4n) is 3.35. The summed E-state index contributed by atoms with van der Waals surface area (Å²) >= 11 is 0. The van der Waals surface area contributed by atoms with E-state index in [1.165, 1.54) is 0 Å². The van der Waals surface area contributed by atoms with Gasteiger partial charge >= 0.3 is 5.97 Å². The number of carbonyl (C=O) groups excluding carboxylic acids is 2. The van der Waals surface area contributed by atoms with Gasteiger partial charge in [-0.1, -0.05) is 24.3 Å². The van der Waals surface area contributed by atoms with Gasteiger partial charge in [0.2, 0.25) is 0 Å². The van der Waals surface area contributed by atoms with Gasteiger partial charge in [0.15, 0.2) is 12.0 Å². The van der Waals surface area contributed by atoms with Crippen LogP contribution in [0.15, 0.2) is 71.5 Å². The summed E-state index contributed by atoms with van der Waals surface area (Å²) in [5.41, 5.74) is 0.606. The third-order valence-electron chi connectivity index (χ3n) is 4.73. The van der Waals surface area contributed by atoms with Gasteiger partial charge in [-0.3, -0.25) is 14.4 Å². The molecule has 0 radical (unpaired) electrons. The molecule has 1 aromatic heterocycles. The average Bonchev–Trinajstić information content (AvgIpc) is 2.78. The first-order chi connectivity index (χ1) is 14.9. The van der Waals surface area contributed by atoms with Crippen molar-refractivity contribution in [2.24, 2.45) is 0 Å². The van der Waals surface area contributed by atoms with Gasteiger partial charge in [-0.05, 0) is 36.4 Å². The molecule has 156 valence electrons. The van der Waals surface area contributed by atoms with Gasteiger partial charge in [-0.15, -0.1) is 0 Å². The number of hydrogen-bond donors (Lipinski definition) is 1. The van der Waals surface area contributed by atoms with Crippen molar-refractivity contribution >= 4 is 39.4 Å². The summed E-state index contributed by atoms with van der Waals surface area (Å²) in [6.45, 7) is -0.923. The van der Waals surface area contributed by atoms with Crippen LogP contribution in [0.2, 0.25) is 0 Å². The van der Waals surface area contributed by atoms with Gasteiger partial charge in [0.05, 0.1) is 16.7 Å². The highest BCUT2D eigenvalue weighted by molar-refractivity contribution is 5.95. The van der Waals surface area contributed by atoms with Crippen LogP contribution in [0.25, 0.3) is 21.8 Å². The van der Waals surface area contributed by atoms with Gasteiger partial charge in [-0.2, -0.15) is 0 Å². The summed E-state index contributed by atoms with van der Waals surface area (Å²) < 4.78 is 33.5. The molecule has 0 aliphatic rings. The van der Waals surface area contributed by atoms with Crippen molar-refractivity contribution in [3.05, 3.63) is 88.6 Å². The highest BCUT2D eigenvalue weighted by atomic mass is 19.1. The number of benzene rings is 3. The summed E-state index contributed by atoms with van der Waals surface area (Å²) in [5.74, 6) is -3.07. The Morgan fingerprint density at radius 3 is 2.16 bits per heavy atom. The number of aromatic nitrogens is 1. The number of carbonyl (C=O) groups is 2. The number of anilines is 1. The maximum absolute atomic E-state index is 13.6. The zero-order valence-corrected chi connectivity index (χ0v) is 16.1. The topological polar surface area (TPSA) is 77.4 Å². The molecule has 4 rings (SSSR count). The van der Waals surface area contributed by atoms with Crippen molar-refractivity contribution < 1.29 is 23.1 Å². The minimum Gasteiger partial charge on any atom is -0.454 e. The third-order valence-corrected chi connectivity index (χ3v) is 4.73. The standard InChI is InChI=1S/C23H16F2N2O4/c24-14-9-10-17(25)18(11-14)26-21(28)13-31-22(29)12-27-19-7-3-1-5-15(19)23(30)16-6-2-4-8-20(16)27/h1-11H,12-13H2,(H,26,28). The van der Waals surface area contributed by atoms with Gasteiger partial charge in [0.1, 0.15) is 18.2 Å². The van der Waals surface area contributed by atoms with E-state index in [9.17, 15) is 23.2 Å². The quantitative estimate of drug-likeness (QED) is 0.394. The summed E-state index contributed by atoms with van der Waals surface area (Å²) in [7, 11) is 0. The minimum absolute atomic E-state index is 0.146. The number of para-hydroxylation sites is 2. The van der Waals surface area contributed by atoms with Crippen molar-refractivity contribution in [2.45, 2.75) is 6.54 Å². The Balaban J connectivity index is 1.53. The molecule has 1 N–H and O–H groups in total. The lowest BCUT2D eigenvalue weighted by molar-refractivity contribution is -0.147. The monoisotopic (exact) mass is 422 g/mol. The molecule has 0 unspecified atom stereocenters. The predicted octanol–water partition coefficient (Wildman–Crippen LogP) is 3.61. The first-order valence-electron chi connectivity index (χ1n) is 9.35. The third kappa shape index (κ3) is 4.13. The molecule has 1 heterocycles. The van der Waals surface area contributed by atoms with E-state index in [2.05, 4.69) is 5.32 Å². The number of amides is 1. The van der Waals surface area contributed by atoms with Crippen LogP contribution in [0.5, 0.6) is 0 Å². The number of ether oxygens (including phenoxy) is 1. The Morgan fingerprint density at radius 1 is 0.903 bits per heavy atom. The number of halogens is 2. The van der Waals surface area contributed by atoms with Crippen LogP contribution < -0.4 is 10.7 Å². The van der Waals surface area contributed by atoms with Crippen molar-refractivity contribution in [1.29, 1.82) is 0 Å². The predicted molar refractivity (Wildman–Crippen MR) is 112 cm³/mol. The Morgan fingerprint density at radius 2 is 1.52 bits per heavy atom. The molecule has 1 amide bonds. The maximum Gasteiger partial charge on any atom is 0.326 e. The van der Waals surface area contributed by atoms with Gasteiger partial charge in [0, 0.05) is 16.8 Å². The highest BCUT2D eigenvalue weighted by Crippen LogP contribution is 2.19. The van der Waals surface area contributed by atoms with E-state index in [0.29, 0.717) is 21.8 Å². The van der Waals surface area contributed by atoms with Crippen LogP contribution in [-0.4, -0.2) is 23.1 Å². The molecule has 0 aliphatic heterocycles. The van der Waals surface area contributed by atoms with E-state index in [-0.39, 0.29) is 17.7 Å². The van der Waals surface area contributed by atoms with Crippen LogP contribution in [-0.2, 0) is 20.9 Å². The SMILES string of the molecule is O=C(COC(=O)Cn1c2ccccc2c(=O)c2ccccc21)Nc1cc(F)ccc1F. The number of pyridine rings is 1. The van der Waals surface area contributed by atoms with Crippen molar-refractivity contribution in [2.75, 3.05) is 11.9 Å². The van der Waals surface area contributed by atoms with Crippen molar-refractivity contribution in [1.82, 2.24) is 4.57 Å². The highest BCUT2D eigenvalue weighted by Gasteiger charge is 2.15. The van der Waals surface area contributed by atoms with Crippen LogP contribution in [0.4, 0.5) is 14.5 Å². The number of hydrogen-bond acceptors (Lipinski definition) is 4. The van der Waals surface area contributed by atoms with Crippen molar-refractivity contribution in [3.63, 3.8) is 0 Å². The first-order valence-corrected chi connectivity index (χ1v) is 9.35. The normalized spacial score (nSPS) is 10.9. The Kier molecular flexibility index (Phi) is 5.44. The molecular formula is C23H16F2N2O4. The lowest BCUT2D eigenvalue weighted by Gasteiger charge is -2.14. The zero-order valence-electron chi connectivity index (χ0n) is 16.1. The molecular weight excluding hydrogens is 406 g/mol. The molecule has 6 nitrogen and oxygen atoms in total. The zero-order chi connectivity index (χ0) is 22.0. The van der Waals surface area contributed by atoms with Gasteiger partial charge in [0.25, 0.3) is 5.91 Å². The fourth-order valence-corrected chi connectivity index (χ4v) is 3.35. The molecule has 0 saturated carbocycles. The van der Waals surface area contributed by atoms with E-state index < -0.39 is 30.1 Å².